The maximum Gasteiger partial charge on any atom is 0.409 e. The van der Waals surface area contributed by atoms with Crippen molar-refractivity contribution in [2.45, 2.75) is 32.7 Å². The van der Waals surface area contributed by atoms with Gasteiger partial charge in [-0.25, -0.2) is 9.59 Å². The quantitative estimate of drug-likeness (QED) is 0.909. The molecule has 1 amide bonds. The minimum atomic E-state index is -0.396. The minimum Gasteiger partial charge on any atom is -0.450 e. The molecule has 3 rings (SSSR count). The number of nitrogens with zero attached hydrogens (tertiary/aromatic N) is 2. The number of aryl methyl sites for hydroxylation is 1. The van der Waals surface area contributed by atoms with Crippen LogP contribution in [0.4, 0.5) is 4.79 Å². The number of aromatic amines is 1. The lowest BCUT2D eigenvalue weighted by Crippen LogP contribution is -2.45. The largest absolute Gasteiger partial charge is 0.450 e. The average Bonchev–Trinajstić information content (AvgIpc) is 2.55. The Bertz CT molecular complexity index is 876. The topological polar surface area (TPSA) is 84.4 Å². The van der Waals surface area contributed by atoms with E-state index in [1.54, 1.807) is 17.9 Å². The summed E-state index contributed by atoms with van der Waals surface area (Å²) in [6.45, 7) is 4.90. The number of H-pyrrole nitrogens is 1. The van der Waals surface area contributed by atoms with Crippen LogP contribution in [0.25, 0.3) is 10.9 Å². The van der Waals surface area contributed by atoms with Gasteiger partial charge in [0, 0.05) is 19.1 Å². The number of fused-ring (bicyclic) bond motifs is 1. The number of amides is 1. The van der Waals surface area contributed by atoms with E-state index in [4.69, 9.17) is 4.74 Å². The molecule has 1 aliphatic heterocycles. The molecule has 7 heteroatoms. The first kappa shape index (κ1) is 16.3. The van der Waals surface area contributed by atoms with Crippen molar-refractivity contribution in [3.63, 3.8) is 0 Å². The van der Waals surface area contributed by atoms with Crippen molar-refractivity contribution in [3.05, 3.63) is 44.6 Å². The van der Waals surface area contributed by atoms with Crippen molar-refractivity contribution in [3.8, 4) is 0 Å². The second kappa shape index (κ2) is 6.51. The van der Waals surface area contributed by atoms with Gasteiger partial charge in [0.2, 0.25) is 0 Å². The Morgan fingerprint density at radius 1 is 1.29 bits per heavy atom. The highest BCUT2D eigenvalue weighted by molar-refractivity contribution is 5.80. The minimum absolute atomic E-state index is 0.212. The summed E-state index contributed by atoms with van der Waals surface area (Å²) >= 11 is 0. The normalized spacial score (nSPS) is 15.7. The Morgan fingerprint density at radius 2 is 2.00 bits per heavy atom. The van der Waals surface area contributed by atoms with E-state index in [1.807, 2.05) is 19.1 Å². The predicted molar refractivity (Wildman–Crippen MR) is 90.4 cm³/mol. The molecule has 7 nitrogen and oxygen atoms in total. The molecule has 1 N–H and O–H groups in total. The third-order valence-electron chi connectivity index (χ3n) is 4.52. The molecule has 1 saturated heterocycles. The smallest absolute Gasteiger partial charge is 0.409 e. The summed E-state index contributed by atoms with van der Waals surface area (Å²) < 4.78 is 6.30. The van der Waals surface area contributed by atoms with E-state index in [1.165, 1.54) is 4.57 Å². The maximum atomic E-state index is 12.8. The van der Waals surface area contributed by atoms with Crippen LogP contribution in [-0.4, -0.2) is 40.2 Å². The van der Waals surface area contributed by atoms with Crippen molar-refractivity contribution in [1.82, 2.24) is 14.5 Å². The zero-order chi connectivity index (χ0) is 17.3. The summed E-state index contributed by atoms with van der Waals surface area (Å²) in [5.74, 6) is 0. The Balaban J connectivity index is 1.92. The lowest BCUT2D eigenvalue weighted by Gasteiger charge is -2.31. The first-order valence-electron chi connectivity index (χ1n) is 8.18. The van der Waals surface area contributed by atoms with Crippen LogP contribution in [0.5, 0.6) is 0 Å². The molecule has 24 heavy (non-hydrogen) atoms. The van der Waals surface area contributed by atoms with Crippen LogP contribution >= 0.6 is 0 Å². The van der Waals surface area contributed by atoms with Crippen LogP contribution in [0, 0.1) is 6.92 Å². The van der Waals surface area contributed by atoms with Crippen molar-refractivity contribution >= 4 is 17.0 Å². The summed E-state index contributed by atoms with van der Waals surface area (Å²) in [5.41, 5.74) is 0.741. The molecule has 0 saturated carbocycles. The lowest BCUT2D eigenvalue weighted by molar-refractivity contribution is 0.0920. The van der Waals surface area contributed by atoms with Crippen LogP contribution < -0.4 is 11.2 Å². The van der Waals surface area contributed by atoms with Gasteiger partial charge in [0.05, 0.1) is 17.5 Å². The van der Waals surface area contributed by atoms with Crippen LogP contribution in [0.15, 0.2) is 27.8 Å². The number of aromatic nitrogens is 2. The zero-order valence-corrected chi connectivity index (χ0v) is 13.9. The monoisotopic (exact) mass is 331 g/mol. The number of hydrogen-bond acceptors (Lipinski definition) is 4. The molecule has 0 bridgehead atoms. The zero-order valence-electron chi connectivity index (χ0n) is 13.9. The second-order valence-corrected chi connectivity index (χ2v) is 6.02. The SMILES string of the molecule is CCOC(=O)N1CCC(n2c(=O)[nH]c3cccc(C)c3c2=O)CC1. The van der Waals surface area contributed by atoms with Gasteiger partial charge in [-0.3, -0.25) is 9.36 Å². The molecule has 1 aromatic carbocycles. The Morgan fingerprint density at radius 3 is 2.67 bits per heavy atom. The van der Waals surface area contributed by atoms with Gasteiger partial charge in [-0.2, -0.15) is 0 Å². The number of ether oxygens (including phenoxy) is 1. The second-order valence-electron chi connectivity index (χ2n) is 6.02. The van der Waals surface area contributed by atoms with Gasteiger partial charge >= 0.3 is 11.8 Å². The van der Waals surface area contributed by atoms with Crippen LogP contribution in [0.3, 0.4) is 0 Å². The molecule has 2 heterocycles. The number of piperidine rings is 1. The van der Waals surface area contributed by atoms with Crippen molar-refractivity contribution in [2.75, 3.05) is 19.7 Å². The molecular weight excluding hydrogens is 310 g/mol. The fraction of sp³-hybridized carbons (Fsp3) is 0.471. The molecule has 0 spiro atoms. The third kappa shape index (κ3) is 2.81. The van der Waals surface area contributed by atoms with E-state index in [0.717, 1.165) is 5.56 Å². The molecule has 1 aliphatic rings. The molecule has 128 valence electrons. The van der Waals surface area contributed by atoms with Gasteiger partial charge in [-0.15, -0.1) is 0 Å². The van der Waals surface area contributed by atoms with Gasteiger partial charge in [0.1, 0.15) is 0 Å². The maximum absolute atomic E-state index is 12.8. The van der Waals surface area contributed by atoms with Crippen molar-refractivity contribution in [2.24, 2.45) is 0 Å². The van der Waals surface area contributed by atoms with E-state index in [9.17, 15) is 14.4 Å². The standard InChI is InChI=1S/C17H21N3O4/c1-3-24-17(23)19-9-7-12(8-10-19)20-15(21)14-11(2)5-4-6-13(14)18-16(20)22/h4-6,12H,3,7-10H2,1-2H3,(H,18,22). The Labute approximate surface area is 138 Å². The summed E-state index contributed by atoms with van der Waals surface area (Å²) in [7, 11) is 0. The molecule has 0 aliphatic carbocycles. The van der Waals surface area contributed by atoms with Gasteiger partial charge in [-0.1, -0.05) is 12.1 Å². The number of hydrogen-bond donors (Lipinski definition) is 1. The third-order valence-corrected chi connectivity index (χ3v) is 4.52. The molecule has 1 aromatic heterocycles. The van der Waals surface area contributed by atoms with Crippen LogP contribution in [-0.2, 0) is 4.74 Å². The molecule has 0 radical (unpaired) electrons. The number of carbonyl (C=O) groups excluding carboxylic acids is 1. The van der Waals surface area contributed by atoms with E-state index >= 15 is 0 Å². The molecule has 2 aromatic rings. The molecule has 0 unspecified atom stereocenters. The summed E-state index contributed by atoms with van der Waals surface area (Å²) in [5, 5.41) is 0.546. The number of nitrogens with one attached hydrogen (secondary N) is 1. The van der Waals surface area contributed by atoms with Gasteiger partial charge < -0.3 is 14.6 Å². The predicted octanol–water partition coefficient (Wildman–Crippen LogP) is 1.79. The summed E-state index contributed by atoms with van der Waals surface area (Å²) in [6.07, 6.45) is 0.768. The van der Waals surface area contributed by atoms with Gasteiger partial charge in [0.15, 0.2) is 0 Å². The highest BCUT2D eigenvalue weighted by atomic mass is 16.6. The fourth-order valence-electron chi connectivity index (χ4n) is 3.30. The highest BCUT2D eigenvalue weighted by Gasteiger charge is 2.27. The Hall–Kier alpha value is -2.57. The number of benzene rings is 1. The number of carbonyl (C=O) groups is 1. The van der Waals surface area contributed by atoms with Crippen LogP contribution in [0.1, 0.15) is 31.4 Å². The van der Waals surface area contributed by atoms with Gasteiger partial charge in [-0.05, 0) is 38.3 Å². The van der Waals surface area contributed by atoms with Crippen LogP contribution in [0.2, 0.25) is 0 Å². The summed E-state index contributed by atoms with van der Waals surface area (Å²) in [6, 6.07) is 5.19. The lowest BCUT2D eigenvalue weighted by atomic mass is 10.0. The summed E-state index contributed by atoms with van der Waals surface area (Å²) in [4.78, 5) is 41.4. The highest BCUT2D eigenvalue weighted by Crippen LogP contribution is 2.21. The Kier molecular flexibility index (Phi) is 4.42. The van der Waals surface area contributed by atoms with E-state index in [2.05, 4.69) is 4.98 Å². The fourth-order valence-corrected chi connectivity index (χ4v) is 3.30. The first-order valence-corrected chi connectivity index (χ1v) is 8.18. The molecule has 1 fully saturated rings. The van der Waals surface area contributed by atoms with E-state index < -0.39 is 5.69 Å². The van der Waals surface area contributed by atoms with Crippen molar-refractivity contribution in [1.29, 1.82) is 0 Å². The van der Waals surface area contributed by atoms with E-state index in [-0.39, 0.29) is 17.7 Å². The van der Waals surface area contributed by atoms with Crippen molar-refractivity contribution < 1.29 is 9.53 Å². The van der Waals surface area contributed by atoms with E-state index in [0.29, 0.717) is 43.4 Å². The first-order chi connectivity index (χ1) is 11.5. The van der Waals surface area contributed by atoms with Gasteiger partial charge in [0.25, 0.3) is 5.56 Å². The molecular formula is C17H21N3O4. The number of likely N-dealkylation sites (tertiary alicyclic amines) is 1. The molecule has 0 atom stereocenters. The number of rotatable bonds is 2. The average molecular weight is 331 g/mol.